The summed E-state index contributed by atoms with van der Waals surface area (Å²) in [4.78, 5) is 0. The number of rotatable bonds is 0. The lowest BCUT2D eigenvalue weighted by molar-refractivity contribution is 0.651. The van der Waals surface area contributed by atoms with E-state index in [-0.39, 0.29) is 12.4 Å². The minimum absolute atomic E-state index is 0. The van der Waals surface area contributed by atoms with Gasteiger partial charge in [0.1, 0.15) is 0 Å². The fourth-order valence-electron chi connectivity index (χ4n) is 1.29. The summed E-state index contributed by atoms with van der Waals surface area (Å²) in [6, 6.07) is 0. The highest BCUT2D eigenvalue weighted by atomic mass is 35.5. The van der Waals surface area contributed by atoms with Crippen LogP contribution in [0.1, 0.15) is 6.42 Å². The first-order valence-electron chi connectivity index (χ1n) is 3.32. The Balaban J connectivity index is 0.000000500. The second kappa shape index (κ2) is 3.08. The van der Waals surface area contributed by atoms with E-state index in [1.807, 2.05) is 0 Å². The molecule has 1 fully saturated rings. The predicted octanol–water partition coefficient (Wildman–Crippen LogP) is 0.976. The van der Waals surface area contributed by atoms with Gasteiger partial charge in [-0.25, -0.2) is 5.43 Å². The summed E-state index contributed by atoms with van der Waals surface area (Å²) in [5, 5.41) is 0. The summed E-state index contributed by atoms with van der Waals surface area (Å²) in [7, 11) is 0. The average molecular weight is 159 g/mol. The molecular weight excluding hydrogens is 148 g/mol. The third kappa shape index (κ3) is 1.18. The predicted molar refractivity (Wildman–Crippen MR) is 43.7 cm³/mol. The van der Waals surface area contributed by atoms with Gasteiger partial charge in [-0.1, -0.05) is 12.2 Å². The normalized spacial score (nSPS) is 28.0. The smallest absolute Gasteiger partial charge is 0.0309 e. The van der Waals surface area contributed by atoms with E-state index in [1.54, 1.807) is 0 Å². The summed E-state index contributed by atoms with van der Waals surface area (Å²) in [5.41, 5.74) is 7.57. The first-order chi connectivity index (χ1) is 4.47. The van der Waals surface area contributed by atoms with Crippen molar-refractivity contribution in [1.29, 1.82) is 0 Å². The van der Waals surface area contributed by atoms with Crippen molar-refractivity contribution >= 4 is 12.4 Å². The van der Waals surface area contributed by atoms with Crippen molar-refractivity contribution in [2.24, 2.45) is 5.92 Å². The van der Waals surface area contributed by atoms with Gasteiger partial charge in [0.15, 0.2) is 0 Å². The van der Waals surface area contributed by atoms with Crippen molar-refractivity contribution in [2.75, 3.05) is 6.54 Å². The van der Waals surface area contributed by atoms with Crippen LogP contribution in [0.2, 0.25) is 0 Å². The summed E-state index contributed by atoms with van der Waals surface area (Å²) in [6.07, 6.45) is 7.63. The molecule has 2 N–H and O–H groups in total. The molecule has 0 saturated carbocycles. The van der Waals surface area contributed by atoms with Crippen molar-refractivity contribution in [1.82, 2.24) is 10.9 Å². The third-order valence-corrected chi connectivity index (χ3v) is 1.85. The Morgan fingerprint density at radius 3 is 3.20 bits per heavy atom. The fourth-order valence-corrected chi connectivity index (χ4v) is 1.29. The second-order valence-electron chi connectivity index (χ2n) is 2.49. The van der Waals surface area contributed by atoms with Gasteiger partial charge in [-0.2, -0.15) is 0 Å². The molecule has 3 heteroatoms. The molecule has 1 atom stereocenters. The minimum Gasteiger partial charge on any atom is -0.325 e. The van der Waals surface area contributed by atoms with Gasteiger partial charge in [0, 0.05) is 18.2 Å². The van der Waals surface area contributed by atoms with Crippen molar-refractivity contribution in [2.45, 2.75) is 6.42 Å². The molecule has 2 nitrogen and oxygen atoms in total. The van der Waals surface area contributed by atoms with Gasteiger partial charge in [0.2, 0.25) is 0 Å². The molecule has 1 heterocycles. The molecule has 0 amide bonds. The Bertz CT molecular complexity index is 174. The first-order valence-corrected chi connectivity index (χ1v) is 3.32. The summed E-state index contributed by atoms with van der Waals surface area (Å²) in [5.74, 6) is 0.718. The third-order valence-electron chi connectivity index (χ3n) is 1.85. The zero-order chi connectivity index (χ0) is 6.10. The van der Waals surface area contributed by atoms with Crippen LogP contribution in [0, 0.1) is 5.92 Å². The Kier molecular flexibility index (Phi) is 2.35. The molecule has 0 aromatic carbocycles. The summed E-state index contributed by atoms with van der Waals surface area (Å²) >= 11 is 0. The Hall–Kier alpha value is -0.470. The van der Waals surface area contributed by atoms with Gasteiger partial charge in [0.25, 0.3) is 0 Å². The highest BCUT2D eigenvalue weighted by molar-refractivity contribution is 5.85. The maximum atomic E-state index is 3.12. The van der Waals surface area contributed by atoms with Gasteiger partial charge >= 0.3 is 0 Å². The van der Waals surface area contributed by atoms with E-state index in [9.17, 15) is 0 Å². The van der Waals surface area contributed by atoms with Crippen LogP contribution in [-0.4, -0.2) is 6.54 Å². The summed E-state index contributed by atoms with van der Waals surface area (Å²) in [6.45, 7) is 1.08. The fraction of sp³-hybridized carbons (Fsp3) is 0.429. The van der Waals surface area contributed by atoms with Crippen molar-refractivity contribution in [3.8, 4) is 0 Å². The molecule has 0 bridgehead atoms. The minimum atomic E-state index is 0. The Morgan fingerprint density at radius 1 is 1.50 bits per heavy atom. The Morgan fingerprint density at radius 2 is 2.40 bits per heavy atom. The zero-order valence-corrected chi connectivity index (χ0v) is 6.45. The standard InChI is InChI=1S/C7H10N2.ClH/c1-2-4-7-6(3-1)5-8-9-7;/h1-2,4,6,8-9H,3,5H2;1H. The molecule has 0 radical (unpaired) electrons. The molecule has 2 rings (SSSR count). The number of allylic oxidation sites excluding steroid dienone is 3. The van der Waals surface area contributed by atoms with Gasteiger partial charge < -0.3 is 5.43 Å². The van der Waals surface area contributed by atoms with E-state index in [0.717, 1.165) is 12.5 Å². The largest absolute Gasteiger partial charge is 0.325 e. The van der Waals surface area contributed by atoms with Crippen LogP contribution in [0.5, 0.6) is 0 Å². The van der Waals surface area contributed by atoms with E-state index in [2.05, 4.69) is 29.1 Å². The highest BCUT2D eigenvalue weighted by Crippen LogP contribution is 2.19. The molecule has 0 aromatic rings. The topological polar surface area (TPSA) is 24.1 Å². The molecule has 10 heavy (non-hydrogen) atoms. The molecule has 1 aliphatic heterocycles. The lowest BCUT2D eigenvalue weighted by Crippen LogP contribution is -2.20. The van der Waals surface area contributed by atoms with E-state index >= 15 is 0 Å². The summed E-state index contributed by atoms with van der Waals surface area (Å²) < 4.78 is 0. The quantitative estimate of drug-likeness (QED) is 0.549. The monoisotopic (exact) mass is 158 g/mol. The average Bonchev–Trinajstić information content (AvgIpc) is 2.33. The van der Waals surface area contributed by atoms with Crippen molar-refractivity contribution in [3.05, 3.63) is 23.9 Å². The zero-order valence-electron chi connectivity index (χ0n) is 5.63. The van der Waals surface area contributed by atoms with Gasteiger partial charge in [-0.3, -0.25) is 0 Å². The number of nitrogens with one attached hydrogen (secondary N) is 2. The number of hydrogen-bond donors (Lipinski definition) is 2. The molecule has 0 aromatic heterocycles. The molecule has 1 unspecified atom stereocenters. The lowest BCUT2D eigenvalue weighted by Gasteiger charge is -2.08. The van der Waals surface area contributed by atoms with Gasteiger partial charge in [-0.15, -0.1) is 12.4 Å². The molecule has 2 aliphatic rings. The van der Waals surface area contributed by atoms with E-state index in [1.165, 1.54) is 12.1 Å². The molecule has 56 valence electrons. The van der Waals surface area contributed by atoms with Crippen molar-refractivity contribution < 1.29 is 0 Å². The number of hydrazine groups is 1. The van der Waals surface area contributed by atoms with Crippen LogP contribution in [-0.2, 0) is 0 Å². The van der Waals surface area contributed by atoms with Crippen LogP contribution < -0.4 is 10.9 Å². The molecule has 0 spiro atoms. The maximum Gasteiger partial charge on any atom is 0.0309 e. The van der Waals surface area contributed by atoms with E-state index < -0.39 is 0 Å². The van der Waals surface area contributed by atoms with Crippen molar-refractivity contribution in [3.63, 3.8) is 0 Å². The molecule has 1 saturated heterocycles. The van der Waals surface area contributed by atoms with Crippen LogP contribution in [0.25, 0.3) is 0 Å². The number of hydrogen-bond acceptors (Lipinski definition) is 2. The maximum absolute atomic E-state index is 3.12. The number of halogens is 1. The SMILES string of the molecule is C1=CCC2CNNC2=C1.Cl. The van der Waals surface area contributed by atoms with E-state index in [4.69, 9.17) is 0 Å². The Labute approximate surface area is 66.8 Å². The molecule has 1 aliphatic carbocycles. The molecular formula is C7H11ClN2. The van der Waals surface area contributed by atoms with E-state index in [0.29, 0.717) is 0 Å². The van der Waals surface area contributed by atoms with Crippen LogP contribution in [0.3, 0.4) is 0 Å². The van der Waals surface area contributed by atoms with Crippen LogP contribution >= 0.6 is 12.4 Å². The van der Waals surface area contributed by atoms with Gasteiger partial charge in [-0.05, 0) is 12.5 Å². The lowest BCUT2D eigenvalue weighted by atomic mass is 9.99. The van der Waals surface area contributed by atoms with Crippen LogP contribution in [0.4, 0.5) is 0 Å². The van der Waals surface area contributed by atoms with Gasteiger partial charge in [0.05, 0.1) is 0 Å². The number of fused-ring (bicyclic) bond motifs is 1. The first kappa shape index (κ1) is 7.63. The van der Waals surface area contributed by atoms with Crippen LogP contribution in [0.15, 0.2) is 23.9 Å². The second-order valence-corrected chi connectivity index (χ2v) is 2.49. The highest BCUT2D eigenvalue weighted by Gasteiger charge is 2.19.